The molecule has 2 aliphatic heterocycles. The van der Waals surface area contributed by atoms with E-state index in [1.54, 1.807) is 7.05 Å². The predicted octanol–water partition coefficient (Wildman–Crippen LogP) is 3.77. The van der Waals surface area contributed by atoms with Crippen molar-refractivity contribution in [3.05, 3.63) is 59.7 Å². The Labute approximate surface area is 220 Å². The normalized spacial score (nSPS) is 16.3. The van der Waals surface area contributed by atoms with Gasteiger partial charge in [0.2, 0.25) is 0 Å². The first-order valence-electron chi connectivity index (χ1n) is 12.0. The maximum Gasteiger partial charge on any atom is 0.265 e. The summed E-state index contributed by atoms with van der Waals surface area (Å²) < 4.78 is 5.51. The number of benzene rings is 2. The molecule has 0 bridgehead atoms. The molecule has 2 aromatic carbocycles. The molecule has 34 heavy (non-hydrogen) atoms. The van der Waals surface area contributed by atoms with Crippen LogP contribution in [0.5, 0.6) is 5.75 Å². The minimum absolute atomic E-state index is 0. The lowest BCUT2D eigenvalue weighted by atomic mass is 10.1. The Morgan fingerprint density at radius 2 is 1.74 bits per heavy atom. The Morgan fingerprint density at radius 3 is 2.50 bits per heavy atom. The summed E-state index contributed by atoms with van der Waals surface area (Å²) in [6.45, 7) is 5.68. The zero-order valence-corrected chi connectivity index (χ0v) is 22.3. The largest absolute Gasteiger partial charge is 0.482 e. The van der Waals surface area contributed by atoms with E-state index in [1.807, 2.05) is 29.2 Å². The highest BCUT2D eigenvalue weighted by Crippen LogP contribution is 2.31. The summed E-state index contributed by atoms with van der Waals surface area (Å²) in [5.41, 5.74) is 3.46. The predicted molar refractivity (Wildman–Crippen MR) is 148 cm³/mol. The van der Waals surface area contributed by atoms with Crippen molar-refractivity contribution < 1.29 is 9.53 Å². The van der Waals surface area contributed by atoms with Gasteiger partial charge in [-0.2, -0.15) is 0 Å². The van der Waals surface area contributed by atoms with Gasteiger partial charge in [0.1, 0.15) is 5.75 Å². The summed E-state index contributed by atoms with van der Waals surface area (Å²) in [6, 6.07) is 16.5. The van der Waals surface area contributed by atoms with Gasteiger partial charge in [0.25, 0.3) is 5.91 Å². The van der Waals surface area contributed by atoms with E-state index in [0.29, 0.717) is 6.54 Å². The molecule has 0 radical (unpaired) electrons. The van der Waals surface area contributed by atoms with E-state index < -0.39 is 0 Å². The lowest BCUT2D eigenvalue weighted by Crippen LogP contribution is -2.41. The molecule has 1 amide bonds. The number of fused-ring (bicyclic) bond motifs is 1. The molecule has 0 unspecified atom stereocenters. The number of rotatable bonds is 8. The monoisotopic (exact) mass is 577 g/mol. The van der Waals surface area contributed by atoms with E-state index in [-0.39, 0.29) is 36.5 Å². The fourth-order valence-corrected chi connectivity index (χ4v) is 4.39. The Bertz CT molecular complexity index is 944. The Balaban J connectivity index is 0.00000324. The average Bonchev–Trinajstić information content (AvgIpc) is 2.86. The molecule has 7 nitrogen and oxygen atoms in total. The van der Waals surface area contributed by atoms with Crippen LogP contribution in [0, 0.1) is 0 Å². The number of hydrogen-bond acceptors (Lipinski definition) is 4. The third kappa shape index (κ3) is 7.33. The first-order valence-corrected chi connectivity index (χ1v) is 12.0. The second kappa shape index (κ2) is 13.5. The SMILES string of the molecule is CN=C(NCCCN1C(=O)COc2ccccc21)NCc1ccc(CN2CCCCC2)cc1.I. The number of carbonyl (C=O) groups is 1. The number of likely N-dealkylation sites (tertiary alicyclic amines) is 1. The van der Waals surface area contributed by atoms with Crippen LogP contribution in [0.15, 0.2) is 53.5 Å². The van der Waals surface area contributed by atoms with E-state index in [2.05, 4.69) is 44.8 Å². The highest BCUT2D eigenvalue weighted by molar-refractivity contribution is 14.0. The van der Waals surface area contributed by atoms with Crippen molar-refractivity contribution in [2.75, 3.05) is 44.7 Å². The molecule has 0 spiro atoms. The molecule has 4 rings (SSSR count). The van der Waals surface area contributed by atoms with Crippen molar-refractivity contribution in [1.82, 2.24) is 15.5 Å². The van der Waals surface area contributed by atoms with Gasteiger partial charge in [-0.15, -0.1) is 24.0 Å². The van der Waals surface area contributed by atoms with E-state index in [0.717, 1.165) is 43.5 Å². The number of ether oxygens (including phenoxy) is 1. The van der Waals surface area contributed by atoms with Crippen LogP contribution in [0.1, 0.15) is 36.8 Å². The maximum atomic E-state index is 12.3. The van der Waals surface area contributed by atoms with E-state index in [4.69, 9.17) is 4.74 Å². The number of aliphatic imine (C=N–C) groups is 1. The van der Waals surface area contributed by atoms with Crippen LogP contribution >= 0.6 is 24.0 Å². The molecule has 2 aromatic rings. The number of halogens is 1. The Morgan fingerprint density at radius 1 is 1.00 bits per heavy atom. The number of para-hydroxylation sites is 2. The summed E-state index contributed by atoms with van der Waals surface area (Å²) in [7, 11) is 1.78. The van der Waals surface area contributed by atoms with E-state index in [9.17, 15) is 4.79 Å². The third-order valence-electron chi connectivity index (χ3n) is 6.22. The number of anilines is 1. The molecule has 1 saturated heterocycles. The van der Waals surface area contributed by atoms with Crippen molar-refractivity contribution in [3.8, 4) is 5.75 Å². The molecule has 2 N–H and O–H groups in total. The summed E-state index contributed by atoms with van der Waals surface area (Å²) >= 11 is 0. The minimum atomic E-state index is -0.0000549. The molecule has 0 atom stereocenters. The van der Waals surface area contributed by atoms with Gasteiger partial charge in [0.15, 0.2) is 12.6 Å². The molecule has 184 valence electrons. The third-order valence-corrected chi connectivity index (χ3v) is 6.22. The molecule has 0 aliphatic carbocycles. The van der Waals surface area contributed by atoms with Crippen molar-refractivity contribution >= 4 is 41.5 Å². The van der Waals surface area contributed by atoms with Crippen LogP contribution in [0.3, 0.4) is 0 Å². The summed E-state index contributed by atoms with van der Waals surface area (Å²) in [6.07, 6.45) is 4.83. The number of hydrogen-bond donors (Lipinski definition) is 2. The van der Waals surface area contributed by atoms with Crippen LogP contribution in [0.2, 0.25) is 0 Å². The number of nitrogens with one attached hydrogen (secondary N) is 2. The van der Waals surface area contributed by atoms with E-state index in [1.165, 1.54) is 43.5 Å². The molecular weight excluding hydrogens is 541 g/mol. The molecule has 8 heteroatoms. The zero-order valence-electron chi connectivity index (χ0n) is 20.0. The first kappa shape index (κ1) is 26.3. The number of nitrogens with zero attached hydrogens (tertiary/aromatic N) is 3. The summed E-state index contributed by atoms with van der Waals surface area (Å²) in [5.74, 6) is 1.53. The standard InChI is InChI=1S/C26H35N5O2.HI/c1-27-26(28-14-7-17-31-23-8-3-4-9-24(23)33-20-25(31)32)29-18-21-10-12-22(13-11-21)19-30-15-5-2-6-16-30;/h3-4,8-13H,2,5-7,14-20H2,1H3,(H2,27,28,29);1H. The van der Waals surface area contributed by atoms with Gasteiger partial charge < -0.3 is 20.3 Å². The number of carbonyl (C=O) groups excluding carboxylic acids is 1. The van der Waals surface area contributed by atoms with Crippen molar-refractivity contribution in [2.45, 2.75) is 38.8 Å². The van der Waals surface area contributed by atoms with Crippen LogP contribution in [0.4, 0.5) is 5.69 Å². The second-order valence-electron chi connectivity index (χ2n) is 8.66. The highest BCUT2D eigenvalue weighted by Gasteiger charge is 2.24. The van der Waals surface area contributed by atoms with Crippen molar-refractivity contribution in [1.29, 1.82) is 0 Å². The fraction of sp³-hybridized carbons (Fsp3) is 0.462. The van der Waals surface area contributed by atoms with Gasteiger partial charge in [0.05, 0.1) is 5.69 Å². The van der Waals surface area contributed by atoms with Gasteiger partial charge in [-0.05, 0) is 55.6 Å². The van der Waals surface area contributed by atoms with Crippen LogP contribution in [-0.2, 0) is 17.9 Å². The zero-order chi connectivity index (χ0) is 22.9. The lowest BCUT2D eigenvalue weighted by Gasteiger charge is -2.29. The topological polar surface area (TPSA) is 69.2 Å². The maximum absolute atomic E-state index is 12.3. The minimum Gasteiger partial charge on any atom is -0.482 e. The molecule has 0 aromatic heterocycles. The highest BCUT2D eigenvalue weighted by atomic mass is 127. The van der Waals surface area contributed by atoms with E-state index >= 15 is 0 Å². The van der Waals surface area contributed by atoms with Gasteiger partial charge in [-0.25, -0.2) is 0 Å². The fourth-order valence-electron chi connectivity index (χ4n) is 4.39. The van der Waals surface area contributed by atoms with Crippen LogP contribution in [-0.4, -0.2) is 56.6 Å². The molecule has 0 saturated carbocycles. The summed E-state index contributed by atoms with van der Waals surface area (Å²) in [4.78, 5) is 21.0. The molecular formula is C26H36IN5O2. The lowest BCUT2D eigenvalue weighted by molar-refractivity contribution is -0.121. The molecule has 1 fully saturated rings. The average molecular weight is 578 g/mol. The van der Waals surface area contributed by atoms with Gasteiger partial charge in [0, 0.05) is 33.2 Å². The Hall–Kier alpha value is -2.33. The number of amides is 1. The molecule has 2 heterocycles. The van der Waals surface area contributed by atoms with Crippen molar-refractivity contribution in [3.63, 3.8) is 0 Å². The van der Waals surface area contributed by atoms with Crippen LogP contribution in [0.25, 0.3) is 0 Å². The second-order valence-corrected chi connectivity index (χ2v) is 8.66. The molecule has 2 aliphatic rings. The smallest absolute Gasteiger partial charge is 0.265 e. The first-order chi connectivity index (χ1) is 16.2. The Kier molecular flexibility index (Phi) is 10.5. The van der Waals surface area contributed by atoms with Crippen molar-refractivity contribution in [2.24, 2.45) is 4.99 Å². The number of piperidine rings is 1. The van der Waals surface area contributed by atoms with Gasteiger partial charge >= 0.3 is 0 Å². The summed E-state index contributed by atoms with van der Waals surface area (Å²) in [5, 5.41) is 6.72. The quantitative estimate of drug-likeness (QED) is 0.217. The van der Waals surface area contributed by atoms with Gasteiger partial charge in [-0.3, -0.25) is 14.7 Å². The van der Waals surface area contributed by atoms with Crippen LogP contribution < -0.4 is 20.3 Å². The van der Waals surface area contributed by atoms with Gasteiger partial charge in [-0.1, -0.05) is 42.8 Å². The number of guanidine groups is 1.